The van der Waals surface area contributed by atoms with Crippen LogP contribution in [0.5, 0.6) is 0 Å². The van der Waals surface area contributed by atoms with Crippen molar-refractivity contribution in [2.45, 2.75) is 51.7 Å². The van der Waals surface area contributed by atoms with Crippen molar-refractivity contribution in [3.05, 3.63) is 29.8 Å². The molecule has 2 fully saturated rings. The SMILES string of the molecule is CC1(C)OB(c2ccccc2C(=O)N2CCCC2)OC1(C)C. The van der Waals surface area contributed by atoms with E-state index >= 15 is 0 Å². The number of hydrogen-bond acceptors (Lipinski definition) is 3. The molecule has 2 aliphatic heterocycles. The van der Waals surface area contributed by atoms with E-state index in [0.29, 0.717) is 5.56 Å². The summed E-state index contributed by atoms with van der Waals surface area (Å²) >= 11 is 0. The summed E-state index contributed by atoms with van der Waals surface area (Å²) in [5, 5.41) is 0. The molecule has 2 saturated heterocycles. The van der Waals surface area contributed by atoms with Crippen molar-refractivity contribution < 1.29 is 14.1 Å². The molecule has 0 unspecified atom stereocenters. The topological polar surface area (TPSA) is 38.8 Å². The smallest absolute Gasteiger partial charge is 0.399 e. The highest BCUT2D eigenvalue weighted by molar-refractivity contribution is 6.63. The van der Waals surface area contributed by atoms with Gasteiger partial charge in [-0.1, -0.05) is 18.2 Å². The Morgan fingerprint density at radius 2 is 1.59 bits per heavy atom. The van der Waals surface area contributed by atoms with Crippen LogP contribution in [0.1, 0.15) is 50.9 Å². The Hall–Kier alpha value is -1.33. The summed E-state index contributed by atoms with van der Waals surface area (Å²) in [6.45, 7) is 9.79. The molecule has 2 heterocycles. The van der Waals surface area contributed by atoms with Crippen LogP contribution >= 0.6 is 0 Å². The summed E-state index contributed by atoms with van der Waals surface area (Å²) in [6, 6.07) is 7.64. The Labute approximate surface area is 132 Å². The Kier molecular flexibility index (Phi) is 3.81. The predicted octanol–water partition coefficient (Wildman–Crippen LogP) is 2.22. The highest BCUT2D eigenvalue weighted by atomic mass is 16.7. The minimum atomic E-state index is -0.493. The second-order valence-corrected chi connectivity index (χ2v) is 7.17. The zero-order valence-electron chi connectivity index (χ0n) is 13.9. The molecule has 0 spiro atoms. The van der Waals surface area contributed by atoms with Gasteiger partial charge < -0.3 is 14.2 Å². The number of hydrogen-bond donors (Lipinski definition) is 0. The number of benzene rings is 1. The molecule has 118 valence electrons. The normalized spacial score (nSPS) is 23.1. The monoisotopic (exact) mass is 301 g/mol. The summed E-state index contributed by atoms with van der Waals surface area (Å²) in [7, 11) is -0.493. The third kappa shape index (κ3) is 2.57. The number of amides is 1. The molecular weight excluding hydrogens is 277 g/mol. The van der Waals surface area contributed by atoms with Gasteiger partial charge >= 0.3 is 7.12 Å². The van der Waals surface area contributed by atoms with Gasteiger partial charge in [0.15, 0.2) is 0 Å². The maximum atomic E-state index is 12.8. The molecule has 22 heavy (non-hydrogen) atoms. The molecule has 3 rings (SSSR count). The van der Waals surface area contributed by atoms with E-state index in [1.165, 1.54) is 0 Å². The third-order valence-corrected chi connectivity index (χ3v) is 5.09. The maximum absolute atomic E-state index is 12.8. The molecule has 0 atom stereocenters. The van der Waals surface area contributed by atoms with Crippen molar-refractivity contribution in [2.75, 3.05) is 13.1 Å². The molecule has 4 nitrogen and oxygen atoms in total. The first-order chi connectivity index (χ1) is 10.3. The molecule has 0 aliphatic carbocycles. The number of carbonyl (C=O) groups is 1. The molecule has 1 amide bonds. The van der Waals surface area contributed by atoms with E-state index in [2.05, 4.69) is 0 Å². The lowest BCUT2D eigenvalue weighted by Gasteiger charge is -2.32. The van der Waals surface area contributed by atoms with E-state index in [1.54, 1.807) is 0 Å². The van der Waals surface area contributed by atoms with Gasteiger partial charge in [0.1, 0.15) is 0 Å². The van der Waals surface area contributed by atoms with E-state index in [9.17, 15) is 4.79 Å². The second kappa shape index (κ2) is 5.39. The van der Waals surface area contributed by atoms with E-state index in [1.807, 2.05) is 56.9 Å². The second-order valence-electron chi connectivity index (χ2n) is 7.17. The van der Waals surface area contributed by atoms with Crippen molar-refractivity contribution in [2.24, 2.45) is 0 Å². The number of likely N-dealkylation sites (tertiary alicyclic amines) is 1. The Morgan fingerprint density at radius 3 is 2.18 bits per heavy atom. The molecule has 1 aromatic rings. The fourth-order valence-electron chi connectivity index (χ4n) is 2.96. The third-order valence-electron chi connectivity index (χ3n) is 5.09. The van der Waals surface area contributed by atoms with Crippen molar-refractivity contribution in [3.63, 3.8) is 0 Å². The van der Waals surface area contributed by atoms with Gasteiger partial charge in [-0.25, -0.2) is 0 Å². The summed E-state index contributed by atoms with van der Waals surface area (Å²) in [5.74, 6) is 0.0859. The molecule has 0 radical (unpaired) electrons. The van der Waals surface area contributed by atoms with Crippen LogP contribution in [0.4, 0.5) is 0 Å². The van der Waals surface area contributed by atoms with Crippen molar-refractivity contribution in [1.29, 1.82) is 0 Å². The summed E-state index contributed by atoms with van der Waals surface area (Å²) in [4.78, 5) is 14.7. The van der Waals surface area contributed by atoms with Gasteiger partial charge in [0.05, 0.1) is 11.2 Å². The maximum Gasteiger partial charge on any atom is 0.495 e. The van der Waals surface area contributed by atoms with Crippen LogP contribution in [0, 0.1) is 0 Å². The van der Waals surface area contributed by atoms with E-state index in [0.717, 1.165) is 31.4 Å². The molecule has 1 aromatic carbocycles. The molecule has 0 N–H and O–H groups in total. The predicted molar refractivity (Wildman–Crippen MR) is 87.3 cm³/mol. The first-order valence-electron chi connectivity index (χ1n) is 8.06. The highest BCUT2D eigenvalue weighted by Gasteiger charge is 2.52. The quantitative estimate of drug-likeness (QED) is 0.786. The molecule has 0 saturated carbocycles. The fraction of sp³-hybridized carbons (Fsp3) is 0.588. The number of rotatable bonds is 2. The van der Waals surface area contributed by atoms with Crippen LogP contribution in [0.25, 0.3) is 0 Å². The van der Waals surface area contributed by atoms with E-state index in [-0.39, 0.29) is 5.91 Å². The first-order valence-corrected chi connectivity index (χ1v) is 8.06. The zero-order chi connectivity index (χ0) is 16.0. The molecular formula is C17H24BNO3. The van der Waals surface area contributed by atoms with E-state index < -0.39 is 18.3 Å². The van der Waals surface area contributed by atoms with Crippen LogP contribution in [-0.2, 0) is 9.31 Å². The average Bonchev–Trinajstić information content (AvgIpc) is 3.05. The Balaban J connectivity index is 1.91. The van der Waals surface area contributed by atoms with Gasteiger partial charge in [-0.15, -0.1) is 0 Å². The lowest BCUT2D eigenvalue weighted by Crippen LogP contribution is -2.41. The molecule has 0 bridgehead atoms. The Morgan fingerprint density at radius 1 is 1.05 bits per heavy atom. The fourth-order valence-corrected chi connectivity index (χ4v) is 2.96. The van der Waals surface area contributed by atoms with Gasteiger partial charge in [-0.3, -0.25) is 4.79 Å². The van der Waals surface area contributed by atoms with Gasteiger partial charge in [0, 0.05) is 18.7 Å². The van der Waals surface area contributed by atoms with Crippen molar-refractivity contribution in [3.8, 4) is 0 Å². The standard InChI is InChI=1S/C17H24BNO3/c1-16(2)17(3,4)22-18(21-16)14-10-6-5-9-13(14)15(20)19-11-7-8-12-19/h5-6,9-10H,7-8,11-12H2,1-4H3. The molecule has 0 aromatic heterocycles. The van der Waals surface area contributed by atoms with Gasteiger partial charge in [-0.05, 0) is 52.1 Å². The van der Waals surface area contributed by atoms with Crippen LogP contribution in [0.3, 0.4) is 0 Å². The number of carbonyl (C=O) groups excluding carboxylic acids is 1. The van der Waals surface area contributed by atoms with Crippen LogP contribution in [0.2, 0.25) is 0 Å². The number of nitrogens with zero attached hydrogens (tertiary/aromatic N) is 1. The lowest BCUT2D eigenvalue weighted by molar-refractivity contribution is 0.00578. The minimum Gasteiger partial charge on any atom is -0.399 e. The lowest BCUT2D eigenvalue weighted by atomic mass is 9.75. The van der Waals surface area contributed by atoms with Gasteiger partial charge in [0.2, 0.25) is 0 Å². The average molecular weight is 301 g/mol. The van der Waals surface area contributed by atoms with Crippen LogP contribution < -0.4 is 5.46 Å². The first kappa shape index (κ1) is 15.6. The van der Waals surface area contributed by atoms with Crippen LogP contribution in [-0.4, -0.2) is 42.2 Å². The van der Waals surface area contributed by atoms with Gasteiger partial charge in [0.25, 0.3) is 5.91 Å². The highest BCUT2D eigenvalue weighted by Crippen LogP contribution is 2.36. The van der Waals surface area contributed by atoms with Crippen LogP contribution in [0.15, 0.2) is 24.3 Å². The largest absolute Gasteiger partial charge is 0.495 e. The zero-order valence-corrected chi connectivity index (χ0v) is 13.9. The molecule has 2 aliphatic rings. The summed E-state index contributed by atoms with van der Waals surface area (Å²) in [6.07, 6.45) is 2.18. The van der Waals surface area contributed by atoms with Crippen molar-refractivity contribution >= 4 is 18.5 Å². The summed E-state index contributed by atoms with van der Waals surface area (Å²) < 4.78 is 12.2. The van der Waals surface area contributed by atoms with Crippen molar-refractivity contribution in [1.82, 2.24) is 4.90 Å². The Bertz CT molecular complexity index is 563. The summed E-state index contributed by atoms with van der Waals surface area (Å²) in [5.41, 5.74) is 0.726. The molecule has 5 heteroatoms. The van der Waals surface area contributed by atoms with E-state index in [4.69, 9.17) is 9.31 Å². The minimum absolute atomic E-state index is 0.0859. The van der Waals surface area contributed by atoms with Gasteiger partial charge in [-0.2, -0.15) is 0 Å².